The molecule has 5 heteroatoms. The Hall–Kier alpha value is -2.97. The van der Waals surface area contributed by atoms with Crippen molar-refractivity contribution in [3.63, 3.8) is 0 Å². The summed E-state index contributed by atoms with van der Waals surface area (Å²) >= 11 is 0. The fourth-order valence-corrected chi connectivity index (χ4v) is 3.01. The Morgan fingerprint density at radius 2 is 1.59 bits per heavy atom. The average Bonchev–Trinajstić information content (AvgIpc) is 2.73. The van der Waals surface area contributed by atoms with E-state index in [1.54, 1.807) is 0 Å². The number of nitrogens with zero attached hydrogens (tertiary/aromatic N) is 2. The predicted octanol–water partition coefficient (Wildman–Crippen LogP) is 2.54. The summed E-state index contributed by atoms with van der Waals surface area (Å²) in [6, 6.07) is 16.9. The summed E-state index contributed by atoms with van der Waals surface area (Å²) < 4.78 is 11.5. The van der Waals surface area contributed by atoms with E-state index in [-0.39, 0.29) is 5.91 Å². The molecule has 140 valence electrons. The Balaban J connectivity index is 1.54. The van der Waals surface area contributed by atoms with Crippen LogP contribution in [0.1, 0.15) is 10.4 Å². The first kappa shape index (κ1) is 18.8. The molecule has 0 aliphatic carbocycles. The normalized spacial score (nSPS) is 14.4. The molecule has 3 rings (SSSR count). The molecule has 0 aromatic heterocycles. The number of benzene rings is 2. The van der Waals surface area contributed by atoms with Crippen molar-refractivity contribution >= 4 is 5.91 Å². The van der Waals surface area contributed by atoms with Crippen molar-refractivity contribution < 1.29 is 14.3 Å². The van der Waals surface area contributed by atoms with E-state index in [4.69, 9.17) is 15.9 Å². The zero-order valence-electron chi connectivity index (χ0n) is 15.3. The van der Waals surface area contributed by atoms with Gasteiger partial charge in [-0.05, 0) is 24.3 Å². The van der Waals surface area contributed by atoms with Gasteiger partial charge in [-0.2, -0.15) is 0 Å². The van der Waals surface area contributed by atoms with Crippen LogP contribution in [0, 0.1) is 12.3 Å². The predicted molar refractivity (Wildman–Crippen MR) is 105 cm³/mol. The van der Waals surface area contributed by atoms with Crippen molar-refractivity contribution in [1.29, 1.82) is 0 Å². The van der Waals surface area contributed by atoms with Crippen LogP contribution < -0.4 is 9.47 Å². The van der Waals surface area contributed by atoms with Gasteiger partial charge in [0, 0.05) is 26.2 Å². The summed E-state index contributed by atoms with van der Waals surface area (Å²) in [6.07, 6.45) is 5.36. The highest BCUT2D eigenvalue weighted by Crippen LogP contribution is 2.21. The molecule has 5 nitrogen and oxygen atoms in total. The van der Waals surface area contributed by atoms with Crippen LogP contribution in [-0.4, -0.2) is 61.6 Å². The number of hydrogen-bond acceptors (Lipinski definition) is 4. The number of rotatable bonds is 7. The lowest BCUT2D eigenvalue weighted by Crippen LogP contribution is -2.48. The molecule has 0 bridgehead atoms. The molecule has 0 spiro atoms. The first-order valence-electron chi connectivity index (χ1n) is 9.12. The molecule has 1 amide bonds. The van der Waals surface area contributed by atoms with E-state index in [0.29, 0.717) is 44.2 Å². The van der Waals surface area contributed by atoms with E-state index in [1.807, 2.05) is 59.5 Å². The molecule has 0 N–H and O–H groups in total. The van der Waals surface area contributed by atoms with Gasteiger partial charge in [-0.3, -0.25) is 9.69 Å². The van der Waals surface area contributed by atoms with E-state index in [1.165, 1.54) is 0 Å². The van der Waals surface area contributed by atoms with Crippen molar-refractivity contribution in [2.75, 3.05) is 45.9 Å². The van der Waals surface area contributed by atoms with E-state index < -0.39 is 0 Å². The van der Waals surface area contributed by atoms with E-state index in [9.17, 15) is 4.79 Å². The summed E-state index contributed by atoms with van der Waals surface area (Å²) in [6.45, 7) is 4.35. The van der Waals surface area contributed by atoms with Crippen molar-refractivity contribution in [3.05, 3.63) is 60.2 Å². The van der Waals surface area contributed by atoms with Crippen LogP contribution in [0.4, 0.5) is 0 Å². The van der Waals surface area contributed by atoms with Crippen molar-refractivity contribution in [2.45, 2.75) is 0 Å². The SMILES string of the molecule is C#CCN1CCN(C(=O)c2ccccc2OCCOc2ccccc2)CC1. The highest BCUT2D eigenvalue weighted by molar-refractivity contribution is 5.97. The average molecular weight is 364 g/mol. The van der Waals surface area contributed by atoms with Crippen LogP contribution >= 0.6 is 0 Å². The van der Waals surface area contributed by atoms with Gasteiger partial charge in [0.1, 0.15) is 24.7 Å². The molecule has 1 aliphatic rings. The second kappa shape index (κ2) is 9.65. The standard InChI is InChI=1S/C22H24N2O3/c1-2-12-23-13-15-24(16-14-23)22(25)20-10-6-7-11-21(20)27-18-17-26-19-8-4-3-5-9-19/h1,3-11H,12-18H2. The van der Waals surface area contributed by atoms with E-state index in [2.05, 4.69) is 10.8 Å². The number of terminal acetylenes is 1. The van der Waals surface area contributed by atoms with Gasteiger partial charge in [0.2, 0.25) is 0 Å². The number of hydrogen-bond donors (Lipinski definition) is 0. The minimum absolute atomic E-state index is 0.00469. The second-order valence-electron chi connectivity index (χ2n) is 6.28. The molecular weight excluding hydrogens is 340 g/mol. The Kier molecular flexibility index (Phi) is 6.72. The number of carbonyl (C=O) groups is 1. The molecule has 0 saturated carbocycles. The Labute approximate surface area is 160 Å². The minimum atomic E-state index is -0.00469. The summed E-state index contributed by atoms with van der Waals surface area (Å²) in [5, 5.41) is 0. The largest absolute Gasteiger partial charge is 0.490 e. The van der Waals surface area contributed by atoms with Gasteiger partial charge in [-0.15, -0.1) is 6.42 Å². The maximum Gasteiger partial charge on any atom is 0.257 e. The Bertz CT molecular complexity index is 778. The van der Waals surface area contributed by atoms with Crippen LogP contribution in [0.15, 0.2) is 54.6 Å². The summed E-state index contributed by atoms with van der Waals surface area (Å²) in [7, 11) is 0. The molecule has 0 atom stereocenters. The lowest BCUT2D eigenvalue weighted by atomic mass is 10.1. The summed E-state index contributed by atoms with van der Waals surface area (Å²) in [5.74, 6) is 4.04. The molecule has 0 unspecified atom stereocenters. The van der Waals surface area contributed by atoms with Crippen molar-refractivity contribution in [1.82, 2.24) is 9.80 Å². The number of para-hydroxylation sites is 2. The van der Waals surface area contributed by atoms with Gasteiger partial charge in [0.25, 0.3) is 5.91 Å². The van der Waals surface area contributed by atoms with Gasteiger partial charge in [0.05, 0.1) is 12.1 Å². The highest BCUT2D eigenvalue weighted by Gasteiger charge is 2.23. The first-order valence-corrected chi connectivity index (χ1v) is 9.12. The first-order chi connectivity index (χ1) is 13.3. The van der Waals surface area contributed by atoms with E-state index in [0.717, 1.165) is 18.8 Å². The number of piperazine rings is 1. The van der Waals surface area contributed by atoms with Crippen LogP contribution in [-0.2, 0) is 0 Å². The topological polar surface area (TPSA) is 42.0 Å². The zero-order chi connectivity index (χ0) is 18.9. The molecule has 2 aromatic rings. The van der Waals surface area contributed by atoms with Crippen LogP contribution in [0.5, 0.6) is 11.5 Å². The molecule has 27 heavy (non-hydrogen) atoms. The van der Waals surface area contributed by atoms with E-state index >= 15 is 0 Å². The third-order valence-corrected chi connectivity index (χ3v) is 4.44. The van der Waals surface area contributed by atoms with Gasteiger partial charge in [0.15, 0.2) is 0 Å². The molecule has 0 radical (unpaired) electrons. The maximum atomic E-state index is 12.9. The molecule has 1 heterocycles. The summed E-state index contributed by atoms with van der Waals surface area (Å²) in [5.41, 5.74) is 0.586. The minimum Gasteiger partial charge on any atom is -0.490 e. The van der Waals surface area contributed by atoms with Gasteiger partial charge >= 0.3 is 0 Å². The fraction of sp³-hybridized carbons (Fsp3) is 0.318. The van der Waals surface area contributed by atoms with Crippen LogP contribution in [0.2, 0.25) is 0 Å². The Morgan fingerprint density at radius 3 is 2.33 bits per heavy atom. The highest BCUT2D eigenvalue weighted by atomic mass is 16.5. The van der Waals surface area contributed by atoms with Crippen molar-refractivity contribution in [3.8, 4) is 23.8 Å². The molecule has 1 aliphatic heterocycles. The molecule has 1 fully saturated rings. The monoisotopic (exact) mass is 364 g/mol. The van der Waals surface area contributed by atoms with Gasteiger partial charge in [-0.1, -0.05) is 36.3 Å². The number of amides is 1. The van der Waals surface area contributed by atoms with Crippen LogP contribution in [0.25, 0.3) is 0 Å². The summed E-state index contributed by atoms with van der Waals surface area (Å²) in [4.78, 5) is 16.9. The number of carbonyl (C=O) groups excluding carboxylic acids is 1. The van der Waals surface area contributed by atoms with Crippen LogP contribution in [0.3, 0.4) is 0 Å². The third kappa shape index (κ3) is 5.25. The van der Waals surface area contributed by atoms with Crippen molar-refractivity contribution in [2.24, 2.45) is 0 Å². The third-order valence-electron chi connectivity index (χ3n) is 4.44. The molecule has 2 aromatic carbocycles. The lowest BCUT2D eigenvalue weighted by molar-refractivity contribution is 0.0647. The van der Waals surface area contributed by atoms with Gasteiger partial charge < -0.3 is 14.4 Å². The zero-order valence-corrected chi connectivity index (χ0v) is 15.3. The van der Waals surface area contributed by atoms with Gasteiger partial charge in [-0.25, -0.2) is 0 Å². The maximum absolute atomic E-state index is 12.9. The second-order valence-corrected chi connectivity index (χ2v) is 6.28. The quantitative estimate of drug-likeness (QED) is 0.559. The smallest absolute Gasteiger partial charge is 0.257 e. The number of ether oxygens (including phenoxy) is 2. The Morgan fingerprint density at radius 1 is 0.926 bits per heavy atom. The lowest BCUT2D eigenvalue weighted by Gasteiger charge is -2.34. The molecule has 1 saturated heterocycles. The molecular formula is C22H24N2O3. The fourth-order valence-electron chi connectivity index (χ4n) is 3.01.